The number of hydrogen-bond donors (Lipinski definition) is 2. The minimum Gasteiger partial charge on any atom is -0.497 e. The van der Waals surface area contributed by atoms with Gasteiger partial charge in [-0.25, -0.2) is 4.79 Å². The molecule has 6 heteroatoms. The van der Waals surface area contributed by atoms with Crippen LogP contribution in [-0.2, 0) is 20.7 Å². The monoisotopic (exact) mass is 343 g/mol. The number of rotatable bonds is 9. The van der Waals surface area contributed by atoms with Gasteiger partial charge in [0, 0.05) is 0 Å². The van der Waals surface area contributed by atoms with E-state index in [0.29, 0.717) is 24.3 Å². The average Bonchev–Trinajstić information content (AvgIpc) is 2.64. The van der Waals surface area contributed by atoms with Crippen molar-refractivity contribution >= 4 is 11.9 Å². The van der Waals surface area contributed by atoms with Crippen molar-refractivity contribution in [3.8, 4) is 5.75 Å². The summed E-state index contributed by atoms with van der Waals surface area (Å²) in [6, 6.07) is 15.1. The van der Waals surface area contributed by atoms with Crippen LogP contribution in [0.4, 0.5) is 0 Å². The third kappa shape index (κ3) is 5.93. The number of carbonyl (C=O) groups is 2. The lowest BCUT2D eigenvalue weighted by atomic mass is 10.1. The van der Waals surface area contributed by atoms with Crippen molar-refractivity contribution in [2.45, 2.75) is 12.5 Å². The fraction of sp³-hybridized carbons (Fsp3) is 0.263. The molecule has 0 aliphatic rings. The van der Waals surface area contributed by atoms with Crippen molar-refractivity contribution in [3.05, 3.63) is 65.7 Å². The summed E-state index contributed by atoms with van der Waals surface area (Å²) < 4.78 is 10.4. The van der Waals surface area contributed by atoms with Gasteiger partial charge in [0.05, 0.1) is 13.7 Å². The number of carboxylic acid groups (broad SMARTS) is 1. The second-order valence-corrected chi connectivity index (χ2v) is 5.40. The van der Waals surface area contributed by atoms with E-state index in [-0.39, 0.29) is 6.61 Å². The zero-order valence-electron chi connectivity index (χ0n) is 14.0. The van der Waals surface area contributed by atoms with Gasteiger partial charge in [-0.15, -0.1) is 0 Å². The molecule has 0 spiro atoms. The Balaban J connectivity index is 1.82. The normalized spacial score (nSPS) is 11.6. The van der Waals surface area contributed by atoms with Crippen molar-refractivity contribution in [2.24, 2.45) is 0 Å². The summed E-state index contributed by atoms with van der Waals surface area (Å²) in [7, 11) is 1.53. The second kappa shape index (κ2) is 9.44. The van der Waals surface area contributed by atoms with Gasteiger partial charge in [0.1, 0.15) is 12.4 Å². The third-order valence-corrected chi connectivity index (χ3v) is 3.61. The first-order chi connectivity index (χ1) is 12.1. The molecular formula is C19H21NO5. The molecule has 6 nitrogen and oxygen atoms in total. The van der Waals surface area contributed by atoms with Crippen LogP contribution in [0.2, 0.25) is 0 Å². The average molecular weight is 343 g/mol. The Morgan fingerprint density at radius 2 is 1.76 bits per heavy atom. The van der Waals surface area contributed by atoms with Crippen LogP contribution in [0.5, 0.6) is 5.75 Å². The summed E-state index contributed by atoms with van der Waals surface area (Å²) in [5, 5.41) is 11.8. The highest BCUT2D eigenvalue weighted by molar-refractivity contribution is 5.85. The molecule has 2 aromatic carbocycles. The van der Waals surface area contributed by atoms with Gasteiger partial charge in [0.2, 0.25) is 5.91 Å². The van der Waals surface area contributed by atoms with Gasteiger partial charge in [0.15, 0.2) is 6.04 Å². The van der Waals surface area contributed by atoms with Gasteiger partial charge < -0.3 is 19.9 Å². The van der Waals surface area contributed by atoms with Crippen LogP contribution in [0.15, 0.2) is 54.6 Å². The van der Waals surface area contributed by atoms with E-state index in [0.717, 1.165) is 5.56 Å². The maximum Gasteiger partial charge on any atom is 0.330 e. The summed E-state index contributed by atoms with van der Waals surface area (Å²) >= 11 is 0. The fourth-order valence-corrected chi connectivity index (χ4v) is 2.29. The van der Waals surface area contributed by atoms with Gasteiger partial charge in [-0.1, -0.05) is 42.5 Å². The van der Waals surface area contributed by atoms with Crippen molar-refractivity contribution in [2.75, 3.05) is 20.3 Å². The molecule has 1 amide bonds. The minimum absolute atomic E-state index is 0.188. The molecule has 0 aromatic heterocycles. The fourth-order valence-electron chi connectivity index (χ4n) is 2.29. The van der Waals surface area contributed by atoms with Crippen molar-refractivity contribution in [1.29, 1.82) is 0 Å². The highest BCUT2D eigenvalue weighted by Gasteiger charge is 2.22. The second-order valence-electron chi connectivity index (χ2n) is 5.40. The first-order valence-corrected chi connectivity index (χ1v) is 7.88. The molecular weight excluding hydrogens is 322 g/mol. The number of amides is 1. The molecule has 0 heterocycles. The van der Waals surface area contributed by atoms with Crippen LogP contribution >= 0.6 is 0 Å². The first kappa shape index (κ1) is 18.5. The Kier molecular flexibility index (Phi) is 6.98. The Hall–Kier alpha value is -2.86. The molecule has 0 aliphatic carbocycles. The van der Waals surface area contributed by atoms with Crippen LogP contribution in [0.3, 0.4) is 0 Å². The summed E-state index contributed by atoms with van der Waals surface area (Å²) in [4.78, 5) is 23.4. The van der Waals surface area contributed by atoms with Crippen LogP contribution < -0.4 is 10.1 Å². The number of methoxy groups -OCH3 is 1. The van der Waals surface area contributed by atoms with E-state index < -0.39 is 17.9 Å². The molecule has 0 radical (unpaired) electrons. The third-order valence-electron chi connectivity index (χ3n) is 3.61. The lowest BCUT2D eigenvalue weighted by molar-refractivity contribution is -0.142. The highest BCUT2D eigenvalue weighted by Crippen LogP contribution is 2.18. The largest absolute Gasteiger partial charge is 0.497 e. The molecule has 2 aromatic rings. The van der Waals surface area contributed by atoms with Gasteiger partial charge >= 0.3 is 5.97 Å². The summed E-state index contributed by atoms with van der Waals surface area (Å²) in [6.45, 7) is 0.199. The smallest absolute Gasteiger partial charge is 0.330 e. The predicted molar refractivity (Wildman–Crippen MR) is 92.5 cm³/mol. The minimum atomic E-state index is -1.14. The van der Waals surface area contributed by atoms with E-state index >= 15 is 0 Å². The number of carboxylic acids is 1. The number of carbonyl (C=O) groups excluding carboxylic acids is 1. The molecule has 2 rings (SSSR count). The number of hydrogen-bond acceptors (Lipinski definition) is 4. The van der Waals surface area contributed by atoms with Gasteiger partial charge in [-0.05, 0) is 29.7 Å². The van der Waals surface area contributed by atoms with E-state index in [1.165, 1.54) is 7.11 Å². The van der Waals surface area contributed by atoms with Crippen molar-refractivity contribution < 1.29 is 24.2 Å². The molecule has 0 fully saturated rings. The van der Waals surface area contributed by atoms with Gasteiger partial charge in [0.25, 0.3) is 0 Å². The van der Waals surface area contributed by atoms with Gasteiger partial charge in [-0.2, -0.15) is 0 Å². The number of nitrogens with one attached hydrogen (secondary N) is 1. The predicted octanol–water partition coefficient (Wildman–Crippen LogP) is 2.20. The summed E-state index contributed by atoms with van der Waals surface area (Å²) in [5.74, 6) is -0.998. The SMILES string of the molecule is COc1ccc(C(NC(=O)COCCc2ccccc2)C(=O)O)cc1. The Labute approximate surface area is 146 Å². The molecule has 0 bridgehead atoms. The molecule has 0 aliphatic heterocycles. The van der Waals surface area contributed by atoms with E-state index in [1.807, 2.05) is 30.3 Å². The molecule has 25 heavy (non-hydrogen) atoms. The molecule has 1 unspecified atom stereocenters. The van der Waals surface area contributed by atoms with E-state index in [2.05, 4.69) is 5.32 Å². The molecule has 132 valence electrons. The number of aliphatic carboxylic acids is 1. The molecule has 1 atom stereocenters. The van der Waals surface area contributed by atoms with Crippen molar-refractivity contribution in [3.63, 3.8) is 0 Å². The zero-order chi connectivity index (χ0) is 18.1. The van der Waals surface area contributed by atoms with E-state index in [4.69, 9.17) is 9.47 Å². The van der Waals surface area contributed by atoms with Crippen molar-refractivity contribution in [1.82, 2.24) is 5.32 Å². The Bertz CT molecular complexity index is 685. The Morgan fingerprint density at radius 1 is 1.08 bits per heavy atom. The lowest BCUT2D eigenvalue weighted by Gasteiger charge is -2.15. The molecule has 2 N–H and O–H groups in total. The maximum absolute atomic E-state index is 11.9. The molecule has 0 saturated carbocycles. The first-order valence-electron chi connectivity index (χ1n) is 7.88. The lowest BCUT2D eigenvalue weighted by Crippen LogP contribution is -2.36. The number of benzene rings is 2. The van der Waals surface area contributed by atoms with Gasteiger partial charge in [-0.3, -0.25) is 4.79 Å². The van der Waals surface area contributed by atoms with E-state index in [9.17, 15) is 14.7 Å². The van der Waals surface area contributed by atoms with Crippen LogP contribution in [0.25, 0.3) is 0 Å². The zero-order valence-corrected chi connectivity index (χ0v) is 14.0. The van der Waals surface area contributed by atoms with Crippen LogP contribution in [-0.4, -0.2) is 37.3 Å². The highest BCUT2D eigenvalue weighted by atomic mass is 16.5. The Morgan fingerprint density at radius 3 is 2.36 bits per heavy atom. The number of ether oxygens (including phenoxy) is 2. The molecule has 0 saturated heterocycles. The summed E-state index contributed by atoms with van der Waals surface area (Å²) in [6.07, 6.45) is 0.689. The summed E-state index contributed by atoms with van der Waals surface area (Å²) in [5.41, 5.74) is 1.58. The quantitative estimate of drug-likeness (QED) is 0.682. The van der Waals surface area contributed by atoms with E-state index in [1.54, 1.807) is 24.3 Å². The topological polar surface area (TPSA) is 84.9 Å². The van der Waals surface area contributed by atoms with Crippen LogP contribution in [0.1, 0.15) is 17.2 Å². The van der Waals surface area contributed by atoms with Crippen LogP contribution in [0, 0.1) is 0 Å². The maximum atomic E-state index is 11.9. The standard InChI is InChI=1S/C19H21NO5/c1-24-16-9-7-15(8-10-16)18(19(22)23)20-17(21)13-25-12-11-14-5-3-2-4-6-14/h2-10,18H,11-13H2,1H3,(H,20,21)(H,22,23).